The Kier molecular flexibility index (Phi) is 5.16. The minimum absolute atomic E-state index is 0.0379. The van der Waals surface area contributed by atoms with Crippen molar-refractivity contribution in [1.29, 1.82) is 0 Å². The number of nitrogens with one attached hydrogen (secondary N) is 1. The molecule has 3 rings (SSSR count). The van der Waals surface area contributed by atoms with Crippen LogP contribution in [0.15, 0.2) is 28.8 Å². The number of hydrogen-bond donors (Lipinski definition) is 1. The number of likely N-dealkylation sites (tertiary alicyclic amines) is 1. The Morgan fingerprint density at radius 1 is 1.50 bits per heavy atom. The van der Waals surface area contributed by atoms with Gasteiger partial charge in [-0.2, -0.15) is 0 Å². The van der Waals surface area contributed by atoms with Crippen molar-refractivity contribution in [3.05, 3.63) is 52.1 Å². The van der Waals surface area contributed by atoms with E-state index < -0.39 is 0 Å². The SMILES string of the molecule is Cc1cc(C(=O)NC2CCCN(Cc3ccc(F)cc3Cl)C2)on1. The van der Waals surface area contributed by atoms with E-state index >= 15 is 0 Å². The van der Waals surface area contributed by atoms with Gasteiger partial charge in [-0.1, -0.05) is 22.8 Å². The number of amides is 1. The van der Waals surface area contributed by atoms with Crippen molar-refractivity contribution in [2.24, 2.45) is 0 Å². The quantitative estimate of drug-likeness (QED) is 0.919. The molecule has 128 valence electrons. The number of halogens is 2. The number of benzene rings is 1. The van der Waals surface area contributed by atoms with Crippen LogP contribution in [0.3, 0.4) is 0 Å². The molecule has 24 heavy (non-hydrogen) atoms. The molecule has 1 saturated heterocycles. The van der Waals surface area contributed by atoms with Gasteiger partial charge in [0.05, 0.1) is 5.69 Å². The molecule has 2 aromatic rings. The van der Waals surface area contributed by atoms with E-state index in [1.165, 1.54) is 12.1 Å². The number of nitrogens with zero attached hydrogens (tertiary/aromatic N) is 2. The summed E-state index contributed by atoms with van der Waals surface area (Å²) >= 11 is 6.10. The highest BCUT2D eigenvalue weighted by molar-refractivity contribution is 6.31. The van der Waals surface area contributed by atoms with Crippen molar-refractivity contribution >= 4 is 17.5 Å². The van der Waals surface area contributed by atoms with E-state index in [1.54, 1.807) is 19.1 Å². The van der Waals surface area contributed by atoms with Gasteiger partial charge in [0.1, 0.15) is 5.82 Å². The summed E-state index contributed by atoms with van der Waals surface area (Å²) in [7, 11) is 0. The molecule has 0 aliphatic carbocycles. The first-order valence-corrected chi connectivity index (χ1v) is 8.29. The van der Waals surface area contributed by atoms with Crippen molar-refractivity contribution in [3.8, 4) is 0 Å². The molecular formula is C17H19ClFN3O2. The minimum atomic E-state index is -0.338. The van der Waals surface area contributed by atoms with E-state index in [0.29, 0.717) is 23.8 Å². The van der Waals surface area contributed by atoms with E-state index in [1.807, 2.05) is 0 Å². The predicted molar refractivity (Wildman–Crippen MR) is 88.4 cm³/mol. The van der Waals surface area contributed by atoms with Crippen LogP contribution < -0.4 is 5.32 Å². The monoisotopic (exact) mass is 351 g/mol. The fraction of sp³-hybridized carbons (Fsp3) is 0.412. The predicted octanol–water partition coefficient (Wildman–Crippen LogP) is 3.17. The highest BCUT2D eigenvalue weighted by Gasteiger charge is 2.23. The lowest BCUT2D eigenvalue weighted by molar-refractivity contribution is 0.0864. The van der Waals surface area contributed by atoms with Gasteiger partial charge in [-0.15, -0.1) is 0 Å². The Hall–Kier alpha value is -1.92. The summed E-state index contributed by atoms with van der Waals surface area (Å²) in [5, 5.41) is 7.14. The van der Waals surface area contributed by atoms with Crippen molar-refractivity contribution in [2.45, 2.75) is 32.4 Å². The number of piperidine rings is 1. The van der Waals surface area contributed by atoms with Gasteiger partial charge < -0.3 is 9.84 Å². The normalized spacial score (nSPS) is 18.5. The molecule has 1 fully saturated rings. The summed E-state index contributed by atoms with van der Waals surface area (Å²) in [4.78, 5) is 14.4. The summed E-state index contributed by atoms with van der Waals surface area (Å²) < 4.78 is 18.1. The van der Waals surface area contributed by atoms with Crippen LogP contribution in [0, 0.1) is 12.7 Å². The molecule has 0 radical (unpaired) electrons. The van der Waals surface area contributed by atoms with Gasteiger partial charge in [0.2, 0.25) is 5.76 Å². The molecule has 1 aromatic heterocycles. The zero-order valence-electron chi connectivity index (χ0n) is 13.4. The number of carbonyl (C=O) groups excluding carboxylic acids is 1. The van der Waals surface area contributed by atoms with Crippen LogP contribution in [0.4, 0.5) is 4.39 Å². The zero-order valence-corrected chi connectivity index (χ0v) is 14.1. The first kappa shape index (κ1) is 16.9. The summed E-state index contributed by atoms with van der Waals surface area (Å²) in [6, 6.07) is 6.10. The molecule has 1 unspecified atom stereocenters. The molecule has 1 atom stereocenters. The average Bonchev–Trinajstić information content (AvgIpc) is 2.97. The molecule has 0 spiro atoms. The summed E-state index contributed by atoms with van der Waals surface area (Å²) in [5.41, 5.74) is 1.56. The van der Waals surface area contributed by atoms with Crippen molar-refractivity contribution in [3.63, 3.8) is 0 Å². The molecule has 5 nitrogen and oxygen atoms in total. The van der Waals surface area contributed by atoms with Crippen LogP contribution >= 0.6 is 11.6 Å². The van der Waals surface area contributed by atoms with Crippen LogP contribution in [-0.4, -0.2) is 35.1 Å². The van der Waals surface area contributed by atoms with Gasteiger partial charge in [0.15, 0.2) is 0 Å². The molecule has 0 bridgehead atoms. The van der Waals surface area contributed by atoms with Crippen LogP contribution in [0.5, 0.6) is 0 Å². The van der Waals surface area contributed by atoms with E-state index in [9.17, 15) is 9.18 Å². The Balaban J connectivity index is 1.59. The van der Waals surface area contributed by atoms with Crippen LogP contribution in [0.1, 0.15) is 34.7 Å². The smallest absolute Gasteiger partial charge is 0.290 e. The van der Waals surface area contributed by atoms with Gasteiger partial charge in [-0.05, 0) is 44.0 Å². The third-order valence-corrected chi connectivity index (χ3v) is 4.45. The maximum Gasteiger partial charge on any atom is 0.290 e. The van der Waals surface area contributed by atoms with Gasteiger partial charge in [0, 0.05) is 30.2 Å². The van der Waals surface area contributed by atoms with Crippen molar-refractivity contribution < 1.29 is 13.7 Å². The second kappa shape index (κ2) is 7.32. The number of rotatable bonds is 4. The van der Waals surface area contributed by atoms with E-state index in [2.05, 4.69) is 15.4 Å². The highest BCUT2D eigenvalue weighted by Crippen LogP contribution is 2.21. The van der Waals surface area contributed by atoms with E-state index in [-0.39, 0.29) is 23.5 Å². The Labute approximate surface area is 144 Å². The van der Waals surface area contributed by atoms with Gasteiger partial charge in [-0.25, -0.2) is 4.39 Å². The number of hydrogen-bond acceptors (Lipinski definition) is 4. The first-order valence-electron chi connectivity index (χ1n) is 7.92. The summed E-state index contributed by atoms with van der Waals surface area (Å²) in [6.07, 6.45) is 1.88. The zero-order chi connectivity index (χ0) is 17.1. The third kappa shape index (κ3) is 4.13. The molecule has 1 aromatic carbocycles. The van der Waals surface area contributed by atoms with Gasteiger partial charge in [-0.3, -0.25) is 9.69 Å². The second-order valence-corrected chi connectivity index (χ2v) is 6.52. The lowest BCUT2D eigenvalue weighted by Crippen LogP contribution is -2.47. The fourth-order valence-corrected chi connectivity index (χ4v) is 3.16. The van der Waals surface area contributed by atoms with E-state index in [0.717, 1.165) is 24.9 Å². The molecule has 2 heterocycles. The second-order valence-electron chi connectivity index (χ2n) is 6.12. The molecule has 1 amide bonds. The van der Waals surface area contributed by atoms with Crippen molar-refractivity contribution in [2.75, 3.05) is 13.1 Å². The number of aryl methyl sites for hydroxylation is 1. The van der Waals surface area contributed by atoms with E-state index in [4.69, 9.17) is 16.1 Å². The van der Waals surface area contributed by atoms with Gasteiger partial charge in [0.25, 0.3) is 5.91 Å². The molecule has 1 aliphatic rings. The topological polar surface area (TPSA) is 58.4 Å². The molecule has 1 N–H and O–H groups in total. The largest absolute Gasteiger partial charge is 0.351 e. The number of carbonyl (C=O) groups is 1. The lowest BCUT2D eigenvalue weighted by Gasteiger charge is -2.33. The maximum absolute atomic E-state index is 13.1. The molecule has 7 heteroatoms. The average molecular weight is 352 g/mol. The van der Waals surface area contributed by atoms with Gasteiger partial charge >= 0.3 is 0 Å². The molecular weight excluding hydrogens is 333 g/mol. The first-order chi connectivity index (χ1) is 11.5. The Morgan fingerprint density at radius 3 is 3.04 bits per heavy atom. The Bertz CT molecular complexity index is 734. The maximum atomic E-state index is 13.1. The van der Waals surface area contributed by atoms with Crippen LogP contribution in [0.2, 0.25) is 5.02 Å². The molecule has 1 aliphatic heterocycles. The van der Waals surface area contributed by atoms with Crippen LogP contribution in [-0.2, 0) is 6.54 Å². The van der Waals surface area contributed by atoms with Crippen molar-refractivity contribution in [1.82, 2.24) is 15.4 Å². The number of aromatic nitrogens is 1. The summed E-state index contributed by atoms with van der Waals surface area (Å²) in [6.45, 7) is 4.04. The third-order valence-electron chi connectivity index (χ3n) is 4.10. The highest BCUT2D eigenvalue weighted by atomic mass is 35.5. The molecule has 0 saturated carbocycles. The fourth-order valence-electron chi connectivity index (χ4n) is 2.93. The Morgan fingerprint density at radius 2 is 2.33 bits per heavy atom. The minimum Gasteiger partial charge on any atom is -0.351 e. The van der Waals surface area contributed by atoms with Crippen LogP contribution in [0.25, 0.3) is 0 Å². The standard InChI is InChI=1S/C17H19ClFN3O2/c1-11-7-16(24-21-11)17(23)20-14-3-2-6-22(10-14)9-12-4-5-13(19)8-15(12)18/h4-5,7-8,14H,2-3,6,9-10H2,1H3,(H,20,23). The lowest BCUT2D eigenvalue weighted by atomic mass is 10.0. The summed E-state index contributed by atoms with van der Waals surface area (Å²) in [5.74, 6) is -0.358.